The SMILES string of the molecule is C[C@@H](NC(=O)N1CCN(S(=O)(=O)N2CCCC2)CC1)c1ccccc1. The number of benzene rings is 1. The summed E-state index contributed by atoms with van der Waals surface area (Å²) in [5.41, 5.74) is 1.05. The van der Waals surface area contributed by atoms with Crippen molar-refractivity contribution in [1.82, 2.24) is 18.8 Å². The smallest absolute Gasteiger partial charge is 0.317 e. The Morgan fingerprint density at radius 3 is 2.12 bits per heavy atom. The van der Waals surface area contributed by atoms with Crippen molar-refractivity contribution in [3.63, 3.8) is 0 Å². The normalized spacial score (nSPS) is 21.2. The molecular formula is C17H26N4O3S. The van der Waals surface area contributed by atoms with Crippen molar-refractivity contribution in [3.8, 4) is 0 Å². The Balaban J connectivity index is 1.52. The summed E-state index contributed by atoms with van der Waals surface area (Å²) in [6.07, 6.45) is 1.86. The Bertz CT molecular complexity index is 681. The minimum atomic E-state index is -3.37. The molecule has 2 saturated heterocycles. The molecule has 0 saturated carbocycles. The van der Waals surface area contributed by atoms with E-state index in [1.165, 1.54) is 4.31 Å². The highest BCUT2D eigenvalue weighted by atomic mass is 32.2. The molecule has 8 heteroatoms. The number of urea groups is 1. The molecule has 0 aromatic heterocycles. The average Bonchev–Trinajstić information content (AvgIpc) is 3.18. The highest BCUT2D eigenvalue weighted by Crippen LogP contribution is 2.18. The van der Waals surface area contributed by atoms with Crippen LogP contribution in [0.25, 0.3) is 0 Å². The number of amides is 2. The number of carbonyl (C=O) groups excluding carboxylic acids is 1. The first-order valence-corrected chi connectivity index (χ1v) is 10.2. The van der Waals surface area contributed by atoms with Gasteiger partial charge in [-0.2, -0.15) is 17.0 Å². The number of nitrogens with zero attached hydrogens (tertiary/aromatic N) is 3. The minimum Gasteiger partial charge on any atom is -0.331 e. The van der Waals surface area contributed by atoms with Gasteiger partial charge in [0.15, 0.2) is 0 Å². The number of piperazine rings is 1. The van der Waals surface area contributed by atoms with Crippen molar-refractivity contribution in [2.45, 2.75) is 25.8 Å². The van der Waals surface area contributed by atoms with Gasteiger partial charge in [-0.25, -0.2) is 4.79 Å². The quantitative estimate of drug-likeness (QED) is 0.876. The highest BCUT2D eigenvalue weighted by Gasteiger charge is 2.34. The van der Waals surface area contributed by atoms with Crippen LogP contribution in [0, 0.1) is 0 Å². The number of rotatable bonds is 4. The zero-order valence-electron chi connectivity index (χ0n) is 14.6. The lowest BCUT2D eigenvalue weighted by Gasteiger charge is -2.36. The summed E-state index contributed by atoms with van der Waals surface area (Å²) < 4.78 is 28.2. The summed E-state index contributed by atoms with van der Waals surface area (Å²) in [4.78, 5) is 14.1. The molecule has 0 aliphatic carbocycles. The summed E-state index contributed by atoms with van der Waals surface area (Å²) in [6.45, 7) is 4.70. The van der Waals surface area contributed by atoms with E-state index in [4.69, 9.17) is 0 Å². The van der Waals surface area contributed by atoms with Gasteiger partial charge in [-0.1, -0.05) is 30.3 Å². The Morgan fingerprint density at radius 2 is 1.52 bits per heavy atom. The second-order valence-corrected chi connectivity index (χ2v) is 8.51. The van der Waals surface area contributed by atoms with Crippen LogP contribution in [0.5, 0.6) is 0 Å². The van der Waals surface area contributed by atoms with Crippen LogP contribution in [0.3, 0.4) is 0 Å². The van der Waals surface area contributed by atoms with Crippen LogP contribution >= 0.6 is 0 Å². The Morgan fingerprint density at radius 1 is 0.960 bits per heavy atom. The maximum atomic E-state index is 12.6. The monoisotopic (exact) mass is 366 g/mol. The van der Waals surface area contributed by atoms with Crippen LogP contribution in [0.15, 0.2) is 30.3 Å². The van der Waals surface area contributed by atoms with Crippen molar-refractivity contribution in [2.75, 3.05) is 39.3 Å². The fraction of sp³-hybridized carbons (Fsp3) is 0.588. The number of carbonyl (C=O) groups is 1. The Hall–Kier alpha value is -1.64. The molecule has 1 aromatic carbocycles. The van der Waals surface area contributed by atoms with Crippen LogP contribution < -0.4 is 5.32 Å². The van der Waals surface area contributed by atoms with Crippen LogP contribution in [-0.4, -0.2) is 67.2 Å². The molecule has 25 heavy (non-hydrogen) atoms. The van der Waals surface area contributed by atoms with E-state index in [0.717, 1.165) is 18.4 Å². The van der Waals surface area contributed by atoms with Crippen molar-refractivity contribution < 1.29 is 13.2 Å². The number of nitrogens with one attached hydrogen (secondary N) is 1. The summed E-state index contributed by atoms with van der Waals surface area (Å²) in [6, 6.07) is 9.56. The fourth-order valence-corrected chi connectivity index (χ4v) is 4.98. The largest absolute Gasteiger partial charge is 0.331 e. The minimum absolute atomic E-state index is 0.0833. The molecule has 0 radical (unpaired) electrons. The Labute approximate surface area is 149 Å². The highest BCUT2D eigenvalue weighted by molar-refractivity contribution is 7.86. The lowest BCUT2D eigenvalue weighted by molar-refractivity contribution is 0.167. The zero-order valence-corrected chi connectivity index (χ0v) is 15.4. The van der Waals surface area contributed by atoms with Gasteiger partial charge >= 0.3 is 6.03 Å². The van der Waals surface area contributed by atoms with Gasteiger partial charge in [-0.05, 0) is 25.3 Å². The van der Waals surface area contributed by atoms with Crippen LogP contribution in [0.1, 0.15) is 31.4 Å². The topological polar surface area (TPSA) is 73.0 Å². The Kier molecular flexibility index (Phi) is 5.61. The van der Waals surface area contributed by atoms with E-state index in [1.54, 1.807) is 9.21 Å². The standard InChI is InChI=1S/C17H26N4O3S/c1-15(16-7-3-2-4-8-16)18-17(22)19-11-13-21(14-12-19)25(23,24)20-9-5-6-10-20/h2-4,7-8,15H,5-6,9-14H2,1H3,(H,18,22)/t15-/m1/s1. The van der Waals surface area contributed by atoms with Gasteiger partial charge in [0.25, 0.3) is 10.2 Å². The molecule has 1 atom stereocenters. The van der Waals surface area contributed by atoms with E-state index in [0.29, 0.717) is 39.3 Å². The molecule has 2 amide bonds. The molecular weight excluding hydrogens is 340 g/mol. The van der Waals surface area contributed by atoms with Crippen LogP contribution in [0.4, 0.5) is 4.79 Å². The van der Waals surface area contributed by atoms with E-state index in [2.05, 4.69) is 5.32 Å². The first kappa shape index (κ1) is 18.2. The summed E-state index contributed by atoms with van der Waals surface area (Å²) >= 11 is 0. The first-order chi connectivity index (χ1) is 12.0. The van der Waals surface area contributed by atoms with Gasteiger partial charge in [-0.15, -0.1) is 0 Å². The van der Waals surface area contributed by atoms with Gasteiger partial charge < -0.3 is 10.2 Å². The zero-order chi connectivity index (χ0) is 17.9. The maximum absolute atomic E-state index is 12.6. The molecule has 2 heterocycles. The van der Waals surface area contributed by atoms with Crippen molar-refractivity contribution in [3.05, 3.63) is 35.9 Å². The van der Waals surface area contributed by atoms with Crippen molar-refractivity contribution >= 4 is 16.2 Å². The molecule has 7 nitrogen and oxygen atoms in total. The molecule has 2 aliphatic rings. The summed E-state index contributed by atoms with van der Waals surface area (Å²) in [7, 11) is -3.37. The van der Waals surface area contributed by atoms with Crippen LogP contribution in [0.2, 0.25) is 0 Å². The second kappa shape index (κ2) is 7.72. The number of hydrogen-bond donors (Lipinski definition) is 1. The first-order valence-electron chi connectivity index (χ1n) is 8.84. The third-order valence-corrected chi connectivity index (χ3v) is 6.92. The third-order valence-electron chi connectivity index (χ3n) is 4.88. The van der Waals surface area contributed by atoms with Gasteiger partial charge in [0, 0.05) is 39.3 Å². The van der Waals surface area contributed by atoms with E-state index in [-0.39, 0.29) is 12.1 Å². The molecule has 2 aliphatic heterocycles. The summed E-state index contributed by atoms with van der Waals surface area (Å²) in [5, 5.41) is 2.98. The van der Waals surface area contributed by atoms with E-state index in [1.807, 2.05) is 37.3 Å². The van der Waals surface area contributed by atoms with Crippen molar-refractivity contribution in [1.29, 1.82) is 0 Å². The molecule has 0 bridgehead atoms. The molecule has 0 unspecified atom stereocenters. The predicted molar refractivity (Wildman–Crippen MR) is 96.3 cm³/mol. The second-order valence-electron chi connectivity index (χ2n) is 6.58. The van der Waals surface area contributed by atoms with Crippen molar-refractivity contribution in [2.24, 2.45) is 0 Å². The summed E-state index contributed by atoms with van der Waals surface area (Å²) in [5.74, 6) is 0. The lowest BCUT2D eigenvalue weighted by atomic mass is 10.1. The molecule has 1 N–H and O–H groups in total. The fourth-order valence-electron chi connectivity index (χ4n) is 3.31. The van der Waals surface area contributed by atoms with Gasteiger partial charge in [0.2, 0.25) is 0 Å². The van der Waals surface area contributed by atoms with E-state index >= 15 is 0 Å². The average molecular weight is 366 g/mol. The predicted octanol–water partition coefficient (Wildman–Crippen LogP) is 1.42. The van der Waals surface area contributed by atoms with Gasteiger partial charge in [-0.3, -0.25) is 0 Å². The molecule has 3 rings (SSSR count). The molecule has 0 spiro atoms. The molecule has 1 aromatic rings. The maximum Gasteiger partial charge on any atom is 0.317 e. The molecule has 138 valence electrons. The number of hydrogen-bond acceptors (Lipinski definition) is 3. The van der Waals surface area contributed by atoms with E-state index < -0.39 is 10.2 Å². The van der Waals surface area contributed by atoms with E-state index in [9.17, 15) is 13.2 Å². The molecule has 2 fully saturated rings. The van der Waals surface area contributed by atoms with Gasteiger partial charge in [0.1, 0.15) is 0 Å². The third kappa shape index (κ3) is 4.13. The van der Waals surface area contributed by atoms with Crippen LogP contribution in [-0.2, 0) is 10.2 Å². The lowest BCUT2D eigenvalue weighted by Crippen LogP contribution is -2.55. The van der Waals surface area contributed by atoms with Gasteiger partial charge in [0.05, 0.1) is 6.04 Å².